The SMILES string of the molecule is CC.CC(C)=CB1OC(C)(C)C(C)(C)O1. The molecule has 3 heteroatoms. The lowest BCUT2D eigenvalue weighted by atomic mass is 9.88. The molecule has 1 rings (SSSR count). The molecule has 1 saturated heterocycles. The summed E-state index contributed by atoms with van der Waals surface area (Å²) in [6.07, 6.45) is 0. The Labute approximate surface area is 95.2 Å². The highest BCUT2D eigenvalue weighted by atomic mass is 16.7. The summed E-state index contributed by atoms with van der Waals surface area (Å²) in [5.74, 6) is 2.01. The van der Waals surface area contributed by atoms with E-state index in [9.17, 15) is 0 Å². The fourth-order valence-electron chi connectivity index (χ4n) is 1.23. The summed E-state index contributed by atoms with van der Waals surface area (Å²) in [6.45, 7) is 16.3. The van der Waals surface area contributed by atoms with Crippen molar-refractivity contribution in [2.45, 2.75) is 66.6 Å². The Morgan fingerprint density at radius 1 is 0.933 bits per heavy atom. The van der Waals surface area contributed by atoms with E-state index in [2.05, 4.69) is 27.7 Å². The van der Waals surface area contributed by atoms with Crippen molar-refractivity contribution in [2.24, 2.45) is 0 Å². The van der Waals surface area contributed by atoms with Crippen molar-refractivity contribution in [3.8, 4) is 0 Å². The molecule has 0 aliphatic carbocycles. The van der Waals surface area contributed by atoms with Gasteiger partial charge in [0, 0.05) is 0 Å². The van der Waals surface area contributed by atoms with Crippen molar-refractivity contribution < 1.29 is 9.31 Å². The Morgan fingerprint density at radius 3 is 1.53 bits per heavy atom. The lowest BCUT2D eigenvalue weighted by molar-refractivity contribution is 0.00578. The van der Waals surface area contributed by atoms with Crippen LogP contribution in [0.15, 0.2) is 11.5 Å². The zero-order valence-electron chi connectivity index (χ0n) is 11.5. The molecule has 0 N–H and O–H groups in total. The van der Waals surface area contributed by atoms with Gasteiger partial charge in [-0.15, -0.1) is 0 Å². The Bertz CT molecular complexity index is 212. The average molecular weight is 212 g/mol. The third-order valence-electron chi connectivity index (χ3n) is 2.74. The second-order valence-corrected chi connectivity index (χ2v) is 4.87. The summed E-state index contributed by atoms with van der Waals surface area (Å²) in [7, 11) is -0.185. The quantitative estimate of drug-likeness (QED) is 0.618. The molecule has 0 unspecified atom stereocenters. The minimum Gasteiger partial charge on any atom is -0.400 e. The molecule has 0 aromatic rings. The van der Waals surface area contributed by atoms with E-state index in [-0.39, 0.29) is 18.3 Å². The van der Waals surface area contributed by atoms with Crippen molar-refractivity contribution in [1.29, 1.82) is 0 Å². The first-order valence-corrected chi connectivity index (χ1v) is 5.75. The number of hydrogen-bond acceptors (Lipinski definition) is 2. The minimum atomic E-state index is -0.219. The van der Waals surface area contributed by atoms with Gasteiger partial charge in [0.1, 0.15) is 0 Å². The van der Waals surface area contributed by atoms with Crippen LogP contribution in [0.1, 0.15) is 55.4 Å². The molecule has 2 nitrogen and oxygen atoms in total. The van der Waals surface area contributed by atoms with E-state index in [1.54, 1.807) is 0 Å². The summed E-state index contributed by atoms with van der Waals surface area (Å²) in [5, 5.41) is 0. The number of hydrogen-bond donors (Lipinski definition) is 0. The topological polar surface area (TPSA) is 18.5 Å². The minimum absolute atomic E-state index is 0.185. The molecule has 0 amide bonds. The van der Waals surface area contributed by atoms with Gasteiger partial charge in [-0.1, -0.05) is 25.4 Å². The molecule has 15 heavy (non-hydrogen) atoms. The molecular weight excluding hydrogens is 187 g/mol. The van der Waals surface area contributed by atoms with E-state index in [1.165, 1.54) is 5.57 Å². The van der Waals surface area contributed by atoms with Crippen LogP contribution in [0.4, 0.5) is 0 Å². The maximum atomic E-state index is 5.78. The molecule has 0 atom stereocenters. The lowest BCUT2D eigenvalue weighted by Gasteiger charge is -2.32. The smallest absolute Gasteiger partial charge is 0.400 e. The molecule has 1 aliphatic heterocycles. The van der Waals surface area contributed by atoms with Gasteiger partial charge in [-0.25, -0.2) is 0 Å². The number of allylic oxidation sites excluding steroid dienone is 1. The summed E-state index contributed by atoms with van der Waals surface area (Å²) < 4.78 is 11.6. The van der Waals surface area contributed by atoms with Crippen LogP contribution >= 0.6 is 0 Å². The van der Waals surface area contributed by atoms with Crippen molar-refractivity contribution in [3.63, 3.8) is 0 Å². The number of rotatable bonds is 1. The van der Waals surface area contributed by atoms with Crippen LogP contribution < -0.4 is 0 Å². The first kappa shape index (κ1) is 14.7. The zero-order valence-corrected chi connectivity index (χ0v) is 11.5. The molecular formula is C12H25BO2. The summed E-state index contributed by atoms with van der Waals surface area (Å²) in [5.41, 5.74) is 0.784. The molecule has 0 aromatic heterocycles. The predicted molar refractivity (Wildman–Crippen MR) is 66.9 cm³/mol. The van der Waals surface area contributed by atoms with Crippen LogP contribution in [0, 0.1) is 0 Å². The van der Waals surface area contributed by atoms with Gasteiger partial charge in [-0.2, -0.15) is 0 Å². The maximum absolute atomic E-state index is 5.78. The van der Waals surface area contributed by atoms with Gasteiger partial charge in [0.15, 0.2) is 0 Å². The van der Waals surface area contributed by atoms with Crippen molar-refractivity contribution in [3.05, 3.63) is 11.5 Å². The third-order valence-corrected chi connectivity index (χ3v) is 2.74. The molecule has 0 bridgehead atoms. The summed E-state index contributed by atoms with van der Waals surface area (Å²) in [6, 6.07) is 0. The molecule has 0 aromatic carbocycles. The predicted octanol–water partition coefficient (Wildman–Crippen LogP) is 3.61. The Hall–Kier alpha value is -0.275. The highest BCUT2D eigenvalue weighted by Crippen LogP contribution is 2.36. The Morgan fingerprint density at radius 2 is 1.27 bits per heavy atom. The van der Waals surface area contributed by atoms with Crippen molar-refractivity contribution in [1.82, 2.24) is 0 Å². The first-order valence-electron chi connectivity index (χ1n) is 5.75. The van der Waals surface area contributed by atoms with Crippen LogP contribution in [-0.4, -0.2) is 18.3 Å². The van der Waals surface area contributed by atoms with Gasteiger partial charge in [-0.3, -0.25) is 0 Å². The standard InChI is InChI=1S/C10H19BO2.C2H6/c1-8(2)7-11-12-9(3,4)10(5,6)13-11;1-2/h7H,1-6H3;1-2H3. The van der Waals surface area contributed by atoms with Crippen LogP contribution in [0.2, 0.25) is 0 Å². The van der Waals surface area contributed by atoms with Gasteiger partial charge < -0.3 is 9.31 Å². The second kappa shape index (κ2) is 5.17. The summed E-state index contributed by atoms with van der Waals surface area (Å²) >= 11 is 0. The van der Waals surface area contributed by atoms with Gasteiger partial charge in [0.05, 0.1) is 11.2 Å². The molecule has 1 fully saturated rings. The van der Waals surface area contributed by atoms with Crippen LogP contribution in [-0.2, 0) is 9.31 Å². The fraction of sp³-hybridized carbons (Fsp3) is 0.833. The monoisotopic (exact) mass is 212 g/mol. The maximum Gasteiger partial charge on any atom is 0.487 e. The van der Waals surface area contributed by atoms with E-state index in [1.807, 2.05) is 33.7 Å². The molecule has 0 saturated carbocycles. The Kier molecular flexibility index (Phi) is 5.08. The normalized spacial score (nSPS) is 21.7. The van der Waals surface area contributed by atoms with E-state index < -0.39 is 0 Å². The van der Waals surface area contributed by atoms with Gasteiger partial charge in [0.25, 0.3) is 0 Å². The molecule has 88 valence electrons. The van der Waals surface area contributed by atoms with Gasteiger partial charge in [-0.05, 0) is 41.5 Å². The van der Waals surface area contributed by atoms with E-state index in [0.717, 1.165) is 0 Å². The highest BCUT2D eigenvalue weighted by molar-refractivity contribution is 6.51. The van der Waals surface area contributed by atoms with Crippen LogP contribution in [0.25, 0.3) is 0 Å². The molecule has 0 radical (unpaired) electrons. The highest BCUT2D eigenvalue weighted by Gasteiger charge is 2.50. The van der Waals surface area contributed by atoms with Crippen LogP contribution in [0.3, 0.4) is 0 Å². The molecule has 0 spiro atoms. The van der Waals surface area contributed by atoms with Gasteiger partial charge >= 0.3 is 7.12 Å². The zero-order chi connectivity index (χ0) is 12.3. The van der Waals surface area contributed by atoms with Gasteiger partial charge in [0.2, 0.25) is 0 Å². The third kappa shape index (κ3) is 3.65. The van der Waals surface area contributed by atoms with Crippen molar-refractivity contribution >= 4 is 7.12 Å². The Balaban J connectivity index is 0.000000921. The van der Waals surface area contributed by atoms with Crippen LogP contribution in [0.5, 0.6) is 0 Å². The largest absolute Gasteiger partial charge is 0.487 e. The lowest BCUT2D eigenvalue weighted by Crippen LogP contribution is -2.41. The second-order valence-electron chi connectivity index (χ2n) is 4.87. The van der Waals surface area contributed by atoms with E-state index in [0.29, 0.717) is 0 Å². The van der Waals surface area contributed by atoms with E-state index >= 15 is 0 Å². The fourth-order valence-corrected chi connectivity index (χ4v) is 1.23. The first-order chi connectivity index (χ1) is 6.74. The average Bonchev–Trinajstić information content (AvgIpc) is 2.22. The molecule has 1 heterocycles. The summed E-state index contributed by atoms with van der Waals surface area (Å²) in [4.78, 5) is 0. The van der Waals surface area contributed by atoms with Crippen molar-refractivity contribution in [2.75, 3.05) is 0 Å². The van der Waals surface area contributed by atoms with E-state index in [4.69, 9.17) is 9.31 Å². The molecule has 1 aliphatic rings.